The Hall–Kier alpha value is -1.75. The normalized spacial score (nSPS) is 11.5. The molecule has 152 valence electrons. The van der Waals surface area contributed by atoms with Crippen molar-refractivity contribution in [3.05, 3.63) is 50.9 Å². The van der Waals surface area contributed by atoms with E-state index in [4.69, 9.17) is 34.8 Å². The standard InChI is InChI=1S/C15H12Cl3F2N3O4S/c1-27-15(24)13-14(22-5-4-21-13)23(6-11(19)20)28(25,26)7-8-9(16)2-3-10(17)12(8)18/h2-5,11H,6-7H2,1H3. The maximum atomic E-state index is 13.1. The third-order valence-electron chi connectivity index (χ3n) is 3.40. The molecule has 0 N–H and O–H groups in total. The van der Waals surface area contributed by atoms with Gasteiger partial charge in [0.15, 0.2) is 11.5 Å². The molecule has 0 saturated heterocycles. The summed E-state index contributed by atoms with van der Waals surface area (Å²) < 4.78 is 56.9. The van der Waals surface area contributed by atoms with Gasteiger partial charge in [-0.25, -0.2) is 36.3 Å². The van der Waals surface area contributed by atoms with Gasteiger partial charge in [0.05, 0.1) is 29.5 Å². The summed E-state index contributed by atoms with van der Waals surface area (Å²) in [7, 11) is -3.51. The maximum absolute atomic E-state index is 13.1. The number of aromatic nitrogens is 2. The fraction of sp³-hybridized carbons (Fsp3) is 0.267. The number of carbonyl (C=O) groups excluding carboxylic acids is 1. The predicted molar refractivity (Wildman–Crippen MR) is 101 cm³/mol. The van der Waals surface area contributed by atoms with Crippen LogP contribution >= 0.6 is 34.8 Å². The van der Waals surface area contributed by atoms with Crippen molar-refractivity contribution in [2.24, 2.45) is 0 Å². The average Bonchev–Trinajstić information content (AvgIpc) is 2.65. The number of esters is 1. The lowest BCUT2D eigenvalue weighted by molar-refractivity contribution is 0.0594. The van der Waals surface area contributed by atoms with Crippen LogP contribution in [0.2, 0.25) is 15.1 Å². The minimum absolute atomic E-state index is 0.0256. The highest BCUT2D eigenvalue weighted by Crippen LogP contribution is 2.34. The van der Waals surface area contributed by atoms with Crippen LogP contribution in [0.5, 0.6) is 0 Å². The van der Waals surface area contributed by atoms with Crippen molar-refractivity contribution in [1.29, 1.82) is 0 Å². The SMILES string of the molecule is COC(=O)c1nccnc1N(CC(F)F)S(=O)(=O)Cc1c(Cl)ccc(Cl)c1Cl. The lowest BCUT2D eigenvalue weighted by Gasteiger charge is -2.24. The number of hydrogen-bond acceptors (Lipinski definition) is 6. The number of carbonyl (C=O) groups is 1. The largest absolute Gasteiger partial charge is 0.464 e. The fourth-order valence-electron chi connectivity index (χ4n) is 2.17. The van der Waals surface area contributed by atoms with E-state index in [1.807, 2.05) is 0 Å². The third kappa shape index (κ3) is 4.99. The molecule has 0 aliphatic rings. The number of sulfonamides is 1. The van der Waals surface area contributed by atoms with Crippen molar-refractivity contribution in [2.45, 2.75) is 12.2 Å². The molecule has 2 aromatic rings. The monoisotopic (exact) mass is 473 g/mol. The van der Waals surface area contributed by atoms with E-state index in [-0.39, 0.29) is 24.9 Å². The number of rotatable bonds is 7. The first kappa shape index (κ1) is 22.5. The van der Waals surface area contributed by atoms with E-state index in [1.165, 1.54) is 12.1 Å². The van der Waals surface area contributed by atoms with Gasteiger partial charge < -0.3 is 4.74 Å². The van der Waals surface area contributed by atoms with Gasteiger partial charge in [0.2, 0.25) is 10.0 Å². The summed E-state index contributed by atoms with van der Waals surface area (Å²) in [5.74, 6) is -2.52. The van der Waals surface area contributed by atoms with Gasteiger partial charge in [-0.05, 0) is 12.1 Å². The molecule has 0 aliphatic heterocycles. The molecule has 1 heterocycles. The lowest BCUT2D eigenvalue weighted by atomic mass is 10.2. The van der Waals surface area contributed by atoms with Crippen LogP contribution in [-0.4, -0.2) is 44.4 Å². The summed E-state index contributed by atoms with van der Waals surface area (Å²) >= 11 is 17.9. The van der Waals surface area contributed by atoms with Crippen LogP contribution in [0.1, 0.15) is 16.1 Å². The van der Waals surface area contributed by atoms with Crippen molar-refractivity contribution in [3.63, 3.8) is 0 Å². The molecule has 0 amide bonds. The maximum Gasteiger partial charge on any atom is 0.360 e. The van der Waals surface area contributed by atoms with Crippen molar-refractivity contribution in [3.8, 4) is 0 Å². The zero-order valence-corrected chi connectivity index (χ0v) is 17.2. The molecular formula is C15H12Cl3F2N3O4S. The Kier molecular flexibility index (Phi) is 7.38. The summed E-state index contributed by atoms with van der Waals surface area (Å²) in [6, 6.07) is 2.68. The molecule has 28 heavy (non-hydrogen) atoms. The number of nitrogens with zero attached hydrogens (tertiary/aromatic N) is 3. The summed E-state index contributed by atoms with van der Waals surface area (Å²) in [4.78, 5) is 19.3. The van der Waals surface area contributed by atoms with Crippen LogP contribution < -0.4 is 4.31 Å². The zero-order chi connectivity index (χ0) is 21.1. The molecule has 0 atom stereocenters. The van der Waals surface area contributed by atoms with E-state index in [1.54, 1.807) is 0 Å². The van der Waals surface area contributed by atoms with Gasteiger partial charge in [-0.3, -0.25) is 0 Å². The molecule has 0 unspecified atom stereocenters. The molecular weight excluding hydrogens is 463 g/mol. The van der Waals surface area contributed by atoms with Gasteiger partial charge in [-0.15, -0.1) is 0 Å². The smallest absolute Gasteiger partial charge is 0.360 e. The van der Waals surface area contributed by atoms with Crippen LogP contribution in [-0.2, 0) is 20.5 Å². The van der Waals surface area contributed by atoms with E-state index in [0.29, 0.717) is 0 Å². The number of halogens is 5. The van der Waals surface area contributed by atoms with Crippen molar-refractivity contribution < 1.29 is 26.7 Å². The quantitative estimate of drug-likeness (QED) is 0.448. The minimum atomic E-state index is -4.53. The molecule has 0 saturated carbocycles. The number of hydrogen-bond donors (Lipinski definition) is 0. The number of anilines is 1. The van der Waals surface area contributed by atoms with Gasteiger partial charge >= 0.3 is 5.97 Å². The van der Waals surface area contributed by atoms with E-state index in [0.717, 1.165) is 19.5 Å². The van der Waals surface area contributed by atoms with Gasteiger partial charge in [0.25, 0.3) is 6.43 Å². The first-order valence-corrected chi connectivity index (χ1v) is 10.1. The zero-order valence-electron chi connectivity index (χ0n) is 14.1. The van der Waals surface area contributed by atoms with Gasteiger partial charge in [-0.2, -0.15) is 0 Å². The Bertz CT molecular complexity index is 992. The van der Waals surface area contributed by atoms with Crippen molar-refractivity contribution in [2.75, 3.05) is 18.0 Å². The topological polar surface area (TPSA) is 89.5 Å². The van der Waals surface area contributed by atoms with Crippen LogP contribution in [0.3, 0.4) is 0 Å². The highest BCUT2D eigenvalue weighted by Gasteiger charge is 2.33. The first-order chi connectivity index (χ1) is 13.1. The highest BCUT2D eigenvalue weighted by atomic mass is 35.5. The molecule has 0 aliphatic carbocycles. The summed E-state index contributed by atoms with van der Waals surface area (Å²) in [6.45, 7) is -1.28. The Balaban J connectivity index is 2.58. The highest BCUT2D eigenvalue weighted by molar-refractivity contribution is 7.92. The van der Waals surface area contributed by atoms with Crippen LogP contribution in [0.15, 0.2) is 24.5 Å². The predicted octanol–water partition coefficient (Wildman–Crippen LogP) is 3.82. The second kappa shape index (κ2) is 9.17. The van der Waals surface area contributed by atoms with Gasteiger partial charge in [-0.1, -0.05) is 34.8 Å². The number of methoxy groups -OCH3 is 1. The van der Waals surface area contributed by atoms with E-state index in [2.05, 4.69) is 14.7 Å². The van der Waals surface area contributed by atoms with E-state index < -0.39 is 46.2 Å². The van der Waals surface area contributed by atoms with Gasteiger partial charge in [0.1, 0.15) is 0 Å². The number of ether oxygens (including phenoxy) is 1. The Morgan fingerprint density at radius 1 is 1.18 bits per heavy atom. The molecule has 0 radical (unpaired) electrons. The minimum Gasteiger partial charge on any atom is -0.464 e. The van der Waals surface area contributed by atoms with E-state index >= 15 is 0 Å². The molecule has 7 nitrogen and oxygen atoms in total. The summed E-state index contributed by atoms with van der Waals surface area (Å²) in [6.07, 6.45) is -0.935. The average molecular weight is 475 g/mol. The van der Waals surface area contributed by atoms with Crippen LogP contribution in [0.4, 0.5) is 14.6 Å². The second-order valence-electron chi connectivity index (χ2n) is 5.22. The molecule has 2 rings (SSSR count). The Labute approximate surface area is 174 Å². The number of benzene rings is 1. The molecule has 0 spiro atoms. The number of alkyl halides is 2. The lowest BCUT2D eigenvalue weighted by Crippen LogP contribution is -2.38. The van der Waals surface area contributed by atoms with Crippen molar-refractivity contribution >= 4 is 56.6 Å². The Morgan fingerprint density at radius 2 is 1.79 bits per heavy atom. The first-order valence-electron chi connectivity index (χ1n) is 7.38. The van der Waals surface area contributed by atoms with Gasteiger partial charge in [0, 0.05) is 23.0 Å². The van der Waals surface area contributed by atoms with Crippen molar-refractivity contribution in [1.82, 2.24) is 9.97 Å². The molecule has 1 aromatic heterocycles. The third-order valence-corrected chi connectivity index (χ3v) is 6.24. The van der Waals surface area contributed by atoms with E-state index in [9.17, 15) is 22.0 Å². The molecule has 0 fully saturated rings. The Morgan fingerprint density at radius 3 is 2.39 bits per heavy atom. The second-order valence-corrected chi connectivity index (χ2v) is 8.31. The molecule has 1 aromatic carbocycles. The summed E-state index contributed by atoms with van der Waals surface area (Å²) in [5.41, 5.74) is -0.629. The fourth-order valence-corrected chi connectivity index (χ4v) is 4.57. The van der Waals surface area contributed by atoms with Crippen LogP contribution in [0, 0.1) is 0 Å². The molecule has 13 heteroatoms. The molecule has 0 bridgehead atoms. The summed E-state index contributed by atoms with van der Waals surface area (Å²) in [5, 5.41) is -0.129. The van der Waals surface area contributed by atoms with Crippen LogP contribution in [0.25, 0.3) is 0 Å².